The van der Waals surface area contributed by atoms with Crippen molar-refractivity contribution in [2.75, 3.05) is 0 Å². The molecule has 0 aromatic heterocycles. The van der Waals surface area contributed by atoms with Crippen molar-refractivity contribution in [2.24, 2.45) is 0 Å². The Hall–Kier alpha value is -1.82. The van der Waals surface area contributed by atoms with Crippen LogP contribution in [0.5, 0.6) is 0 Å². The van der Waals surface area contributed by atoms with Crippen LogP contribution in [0.4, 0.5) is 0 Å². The van der Waals surface area contributed by atoms with Gasteiger partial charge in [-0.15, -0.1) is 0 Å². The van der Waals surface area contributed by atoms with Crippen LogP contribution in [-0.2, 0) is 30.8 Å². The molecule has 0 fully saturated rings. The maximum absolute atomic E-state index is 12.1. The zero-order valence-corrected chi connectivity index (χ0v) is 35.8. The molecule has 3 rings (SSSR count). The van der Waals surface area contributed by atoms with Gasteiger partial charge in [-0.1, -0.05) is 129 Å². The van der Waals surface area contributed by atoms with Gasteiger partial charge in [-0.05, 0) is 86.8 Å². The quantitative estimate of drug-likeness (QED) is 0.0466. The molecule has 0 N–H and O–H groups in total. The predicted molar refractivity (Wildman–Crippen MR) is 223 cm³/mol. The number of aryl methyl sites for hydroxylation is 2. The summed E-state index contributed by atoms with van der Waals surface area (Å²) in [6.45, 7) is 13.7. The maximum atomic E-state index is 12.1. The van der Waals surface area contributed by atoms with Crippen LogP contribution >= 0.6 is 0 Å². The van der Waals surface area contributed by atoms with Crippen molar-refractivity contribution >= 4 is 11.4 Å². The number of hydrogen-bond acceptors (Lipinski definition) is 0. The Morgan fingerprint density at radius 1 is 0.431 bits per heavy atom. The molecule has 0 bridgehead atoms. The van der Waals surface area contributed by atoms with E-state index in [1.165, 1.54) is 159 Å². The summed E-state index contributed by atoms with van der Waals surface area (Å²) in [6, 6.07) is 18.1. The minimum absolute atomic E-state index is 1.02. The summed E-state index contributed by atoms with van der Waals surface area (Å²) in [4.78, 5) is 3.01. The van der Waals surface area contributed by atoms with Crippen molar-refractivity contribution in [3.05, 3.63) is 87.5 Å². The summed E-state index contributed by atoms with van der Waals surface area (Å²) in [6.07, 6.45) is 30.2. The van der Waals surface area contributed by atoms with Crippen molar-refractivity contribution in [1.82, 2.24) is 0 Å². The van der Waals surface area contributed by atoms with Crippen LogP contribution < -0.4 is 0 Å². The molecule has 51 heavy (non-hydrogen) atoms. The summed E-state index contributed by atoms with van der Waals surface area (Å²) in [5.74, 6) is 0. The van der Waals surface area contributed by atoms with Gasteiger partial charge in [-0.2, -0.15) is 0 Å². The standard InChI is InChI=1S/C40H60N2.2C4H9.Pd/c1-5-9-13-16-17-20-30-38-37(29-12-8-4)39(35-27-21-25-33(31-35)23-18-14-10-6-2)42(41)40(38)36-28-22-26-34(32-36)24-19-15-11-7-3;2*1-3-4-2;/h21-22,25-28,31-32H,5-20,23-24,29-30H2,1-4H3;2*1,3-4H2,2H3;. The zero-order valence-electron chi connectivity index (χ0n) is 34.2. The Labute approximate surface area is 325 Å². The van der Waals surface area contributed by atoms with E-state index < -0.39 is 0 Å². The molecule has 0 spiro atoms. The SMILES string of the molecule is CCCCCCCCC1=C(c2cccc(CCCCCC)c2)[N+](=[N-])C(c2cccc(CCCCCC)c2)=C1CCCC.CCC[CH2][Pd][CH2]CCC. The molecular weight excluding hydrogens is 711 g/mol. The van der Waals surface area contributed by atoms with Gasteiger partial charge in [-0.25, -0.2) is 4.70 Å². The van der Waals surface area contributed by atoms with Gasteiger partial charge in [0.05, 0.1) is 0 Å². The summed E-state index contributed by atoms with van der Waals surface area (Å²) in [5, 5.41) is 0. The van der Waals surface area contributed by atoms with Gasteiger partial charge in [0.1, 0.15) is 0 Å². The van der Waals surface area contributed by atoms with Crippen LogP contribution in [0.2, 0.25) is 9.79 Å². The van der Waals surface area contributed by atoms with E-state index in [0.29, 0.717) is 0 Å². The molecule has 1 heterocycles. The number of benzene rings is 2. The van der Waals surface area contributed by atoms with Gasteiger partial charge >= 0.3 is 67.3 Å². The molecule has 1 aliphatic rings. The number of rotatable bonds is 28. The molecule has 1 aliphatic heterocycles. The molecule has 3 heteroatoms. The topological polar surface area (TPSA) is 25.3 Å². The molecule has 0 radical (unpaired) electrons. The monoisotopic (exact) mass is 789 g/mol. The van der Waals surface area contributed by atoms with Crippen molar-refractivity contribution in [1.29, 1.82) is 0 Å². The fourth-order valence-corrected chi connectivity index (χ4v) is 9.21. The zero-order chi connectivity index (χ0) is 36.9. The number of allylic oxidation sites excluding steroid dienone is 2. The third-order valence-electron chi connectivity index (χ3n) is 10.1. The van der Waals surface area contributed by atoms with Crippen LogP contribution in [-0.4, -0.2) is 4.70 Å². The van der Waals surface area contributed by atoms with Gasteiger partial charge in [0, 0.05) is 22.3 Å². The Morgan fingerprint density at radius 3 is 1.25 bits per heavy atom. The van der Waals surface area contributed by atoms with E-state index in [4.69, 9.17) is 0 Å². The molecule has 0 saturated carbocycles. The van der Waals surface area contributed by atoms with E-state index >= 15 is 0 Å². The first-order chi connectivity index (χ1) is 25.1. The third kappa shape index (κ3) is 17.7. The molecule has 0 amide bonds. The molecule has 290 valence electrons. The van der Waals surface area contributed by atoms with Crippen LogP contribution in [0.15, 0.2) is 59.7 Å². The summed E-state index contributed by atoms with van der Waals surface area (Å²) in [5.41, 5.74) is 22.0. The second-order valence-corrected chi connectivity index (χ2v) is 17.1. The van der Waals surface area contributed by atoms with Crippen molar-refractivity contribution in [3.8, 4) is 0 Å². The average Bonchev–Trinajstić information content (AvgIpc) is 3.43. The van der Waals surface area contributed by atoms with Crippen LogP contribution in [0.3, 0.4) is 0 Å². The molecule has 0 aliphatic carbocycles. The second-order valence-electron chi connectivity index (χ2n) is 14.8. The fourth-order valence-electron chi connectivity index (χ4n) is 6.94. The van der Waals surface area contributed by atoms with E-state index in [1.54, 1.807) is 4.70 Å². The number of unbranched alkanes of at least 4 members (excludes halogenated alkanes) is 14. The summed E-state index contributed by atoms with van der Waals surface area (Å²) < 4.78 is 1.59. The molecule has 0 unspecified atom stereocenters. The van der Waals surface area contributed by atoms with Crippen LogP contribution in [0, 0.1) is 0 Å². The molecule has 0 saturated heterocycles. The van der Waals surface area contributed by atoms with Gasteiger partial charge in [0.2, 0.25) is 11.4 Å². The third-order valence-corrected chi connectivity index (χ3v) is 12.3. The van der Waals surface area contributed by atoms with E-state index in [0.717, 1.165) is 67.9 Å². The van der Waals surface area contributed by atoms with Crippen molar-refractivity contribution < 1.29 is 22.7 Å². The van der Waals surface area contributed by atoms with Gasteiger partial charge < -0.3 is 5.53 Å². The fraction of sp³-hybridized carbons (Fsp3) is 0.667. The Bertz CT molecular complexity index is 1270. The first-order valence-electron chi connectivity index (χ1n) is 21.6. The van der Waals surface area contributed by atoms with E-state index in [2.05, 4.69) is 90.1 Å². The van der Waals surface area contributed by atoms with E-state index in [1.807, 2.05) is 0 Å². The molecule has 0 atom stereocenters. The number of hydrogen-bond donors (Lipinski definition) is 0. The summed E-state index contributed by atoms with van der Waals surface area (Å²) in [7, 11) is 0. The first-order valence-corrected chi connectivity index (χ1v) is 23.8. The van der Waals surface area contributed by atoms with Crippen molar-refractivity contribution in [3.63, 3.8) is 0 Å². The Morgan fingerprint density at radius 2 is 0.804 bits per heavy atom. The predicted octanol–water partition coefficient (Wildman–Crippen LogP) is 16.5. The van der Waals surface area contributed by atoms with Crippen LogP contribution in [0.25, 0.3) is 16.9 Å². The molecule has 2 nitrogen and oxygen atoms in total. The normalized spacial score (nSPS) is 13.0. The Kier molecular flexibility index (Phi) is 26.3. The average molecular weight is 790 g/mol. The van der Waals surface area contributed by atoms with Crippen LogP contribution in [0.1, 0.15) is 205 Å². The molecular formula is C48H78N2Pd. The van der Waals surface area contributed by atoms with E-state index in [-0.39, 0.29) is 0 Å². The minimum atomic E-state index is 1.02. The molecule has 2 aromatic carbocycles. The second kappa shape index (κ2) is 29.6. The van der Waals surface area contributed by atoms with Gasteiger partial charge in [-0.3, -0.25) is 0 Å². The van der Waals surface area contributed by atoms with Gasteiger partial charge in [0.15, 0.2) is 0 Å². The number of nitrogens with zero attached hydrogens (tertiary/aromatic N) is 2. The summed E-state index contributed by atoms with van der Waals surface area (Å²) >= 11 is 1.07. The van der Waals surface area contributed by atoms with E-state index in [9.17, 15) is 5.53 Å². The van der Waals surface area contributed by atoms with Gasteiger partial charge in [0.25, 0.3) is 0 Å². The van der Waals surface area contributed by atoms with Crippen molar-refractivity contribution in [2.45, 2.75) is 205 Å². The Balaban J connectivity index is 0.000000880. The first kappa shape index (κ1) is 45.3. The molecule has 2 aromatic rings.